The third kappa shape index (κ3) is 5.33. The van der Waals surface area contributed by atoms with Crippen LogP contribution >= 0.6 is 23.1 Å². The lowest BCUT2D eigenvalue weighted by molar-refractivity contribution is 0.204. The molecule has 0 radical (unpaired) electrons. The molecule has 0 bridgehead atoms. The Bertz CT molecular complexity index is 2970. The monoisotopic (exact) mass is 770 g/mol. The summed E-state index contributed by atoms with van der Waals surface area (Å²) < 4.78 is 5.16. The van der Waals surface area contributed by atoms with Crippen molar-refractivity contribution < 1.29 is 0 Å². The maximum atomic E-state index is 3.94. The van der Waals surface area contributed by atoms with Crippen molar-refractivity contribution in [3.8, 4) is 11.1 Å². The van der Waals surface area contributed by atoms with Crippen molar-refractivity contribution in [2.75, 3.05) is 0 Å². The lowest BCUT2D eigenvalue weighted by Crippen LogP contribution is -2.54. The first kappa shape index (κ1) is 33.4. The van der Waals surface area contributed by atoms with Crippen molar-refractivity contribution in [1.82, 2.24) is 20.5 Å². The molecule has 57 heavy (non-hydrogen) atoms. The van der Waals surface area contributed by atoms with E-state index in [4.69, 9.17) is 0 Å². The van der Waals surface area contributed by atoms with Gasteiger partial charge in [0.2, 0.25) is 0 Å². The molecule has 2 aliphatic heterocycles. The SMILES string of the molecule is C1=CC2c3cccc(-c4cccc5c4sc4cccc(C6NC(c7ccccc7)NC(c7ccccc7)N6)c45)c3SC2C(n2c3ccccc3c3ccccc32)=C1. The Kier molecular flexibility index (Phi) is 7.88. The zero-order valence-corrected chi connectivity index (χ0v) is 32.6. The normalized spacial score (nSPS) is 21.6. The van der Waals surface area contributed by atoms with E-state index in [2.05, 4.69) is 203 Å². The van der Waals surface area contributed by atoms with Crippen LogP contribution in [-0.2, 0) is 0 Å². The number of hydrogen-bond donors (Lipinski definition) is 3. The van der Waals surface area contributed by atoms with E-state index in [1.807, 2.05) is 23.1 Å². The first-order valence-corrected chi connectivity index (χ1v) is 21.5. The Hall–Kier alpha value is -5.73. The standard InChI is InChI=1S/C51H38N4S2/c1-3-15-31(16-4-1)49-52-50(32-17-5-2-6-18-32)54-51(53-49)40-26-14-30-44-45(40)39-25-12-23-36(47(39)56-44)35-21-11-22-37-38-24-13-29-43(48(38)57-46(35)37)55-41-27-9-7-19-33(41)34-20-8-10-28-42(34)55/h1-30,38,48-54H. The van der Waals surface area contributed by atoms with Crippen LogP contribution in [0.5, 0.6) is 0 Å². The molecule has 1 saturated heterocycles. The predicted octanol–water partition coefficient (Wildman–Crippen LogP) is 12.7. The number of aromatic nitrogens is 1. The number of rotatable bonds is 5. The van der Waals surface area contributed by atoms with Gasteiger partial charge in [-0.05, 0) is 52.1 Å². The summed E-state index contributed by atoms with van der Waals surface area (Å²) in [7, 11) is 0. The number of nitrogens with one attached hydrogen (secondary N) is 3. The minimum absolute atomic E-state index is 0.0265. The number of thioether (sulfide) groups is 1. The molecule has 274 valence electrons. The van der Waals surface area contributed by atoms with Gasteiger partial charge in [-0.15, -0.1) is 23.1 Å². The summed E-state index contributed by atoms with van der Waals surface area (Å²) in [6.45, 7) is 0. The van der Waals surface area contributed by atoms with Gasteiger partial charge in [0.1, 0.15) is 0 Å². The quantitative estimate of drug-likeness (QED) is 0.163. The summed E-state index contributed by atoms with van der Waals surface area (Å²) in [6, 6.07) is 59.9. The third-order valence-electron chi connectivity index (χ3n) is 12.1. The molecule has 0 amide bonds. The number of para-hydroxylation sites is 2. The lowest BCUT2D eigenvalue weighted by Gasteiger charge is -2.40. The molecule has 9 aromatic rings. The summed E-state index contributed by atoms with van der Waals surface area (Å²) in [4.78, 5) is 1.40. The molecule has 6 heteroatoms. The van der Waals surface area contributed by atoms with Crippen LogP contribution in [0.1, 0.15) is 46.7 Å². The number of benzene rings is 7. The summed E-state index contributed by atoms with van der Waals surface area (Å²) in [6.07, 6.45) is 6.92. The van der Waals surface area contributed by atoms with E-state index in [0.29, 0.717) is 5.92 Å². The van der Waals surface area contributed by atoms with Crippen LogP contribution in [0.2, 0.25) is 0 Å². The Morgan fingerprint density at radius 2 is 1.07 bits per heavy atom. The van der Waals surface area contributed by atoms with Crippen molar-refractivity contribution >= 4 is 70.8 Å². The average Bonchev–Trinajstić information content (AvgIpc) is 3.97. The van der Waals surface area contributed by atoms with E-state index >= 15 is 0 Å². The molecule has 3 N–H and O–H groups in total. The molecule has 4 atom stereocenters. The summed E-state index contributed by atoms with van der Waals surface area (Å²) in [5, 5.41) is 17.2. The first-order chi connectivity index (χ1) is 28.3. The minimum atomic E-state index is -0.0793. The maximum Gasteiger partial charge on any atom is 0.0871 e. The first-order valence-electron chi connectivity index (χ1n) is 19.8. The number of nitrogens with zero attached hydrogens (tertiary/aromatic N) is 1. The molecule has 1 aliphatic carbocycles. The van der Waals surface area contributed by atoms with Crippen LogP contribution in [0.25, 0.3) is 58.8 Å². The van der Waals surface area contributed by atoms with Crippen molar-refractivity contribution in [2.24, 2.45) is 0 Å². The van der Waals surface area contributed by atoms with Gasteiger partial charge >= 0.3 is 0 Å². The molecular weight excluding hydrogens is 733 g/mol. The minimum Gasteiger partial charge on any atom is -0.312 e. The van der Waals surface area contributed by atoms with E-state index in [9.17, 15) is 0 Å². The van der Waals surface area contributed by atoms with Gasteiger partial charge in [0, 0.05) is 53.0 Å². The highest BCUT2D eigenvalue weighted by molar-refractivity contribution is 8.00. The van der Waals surface area contributed by atoms with E-state index in [0.717, 1.165) is 0 Å². The molecule has 7 aromatic carbocycles. The fourth-order valence-corrected chi connectivity index (χ4v) is 12.4. The van der Waals surface area contributed by atoms with Crippen LogP contribution in [0, 0.1) is 0 Å². The number of thiophene rings is 1. The van der Waals surface area contributed by atoms with Gasteiger partial charge in [0.05, 0.1) is 34.8 Å². The highest BCUT2D eigenvalue weighted by atomic mass is 32.2. The second-order valence-electron chi connectivity index (χ2n) is 15.3. The second-order valence-corrected chi connectivity index (χ2v) is 17.5. The van der Waals surface area contributed by atoms with Crippen LogP contribution in [0.4, 0.5) is 0 Å². The van der Waals surface area contributed by atoms with Gasteiger partial charge in [0.25, 0.3) is 0 Å². The van der Waals surface area contributed by atoms with Crippen molar-refractivity contribution in [3.63, 3.8) is 0 Å². The molecule has 4 nitrogen and oxygen atoms in total. The smallest absolute Gasteiger partial charge is 0.0871 e. The highest BCUT2D eigenvalue weighted by Crippen LogP contribution is 2.56. The van der Waals surface area contributed by atoms with Crippen LogP contribution < -0.4 is 16.0 Å². The number of fused-ring (bicyclic) bond motifs is 9. The van der Waals surface area contributed by atoms with Crippen LogP contribution in [0.3, 0.4) is 0 Å². The second kappa shape index (κ2) is 13.4. The van der Waals surface area contributed by atoms with Gasteiger partial charge < -0.3 is 4.57 Å². The molecule has 0 saturated carbocycles. The Labute approximate surface area is 339 Å². The van der Waals surface area contributed by atoms with Crippen LogP contribution in [-0.4, -0.2) is 9.82 Å². The van der Waals surface area contributed by atoms with Gasteiger partial charge in [0.15, 0.2) is 0 Å². The predicted molar refractivity (Wildman–Crippen MR) is 241 cm³/mol. The van der Waals surface area contributed by atoms with Gasteiger partial charge in [-0.2, -0.15) is 0 Å². The summed E-state index contributed by atoms with van der Waals surface area (Å²) in [5.74, 6) is 0.297. The Morgan fingerprint density at radius 1 is 0.491 bits per heavy atom. The largest absolute Gasteiger partial charge is 0.312 e. The Morgan fingerprint density at radius 3 is 1.79 bits per heavy atom. The zero-order valence-electron chi connectivity index (χ0n) is 31.0. The third-order valence-corrected chi connectivity index (χ3v) is 14.8. The highest BCUT2D eigenvalue weighted by Gasteiger charge is 2.39. The fraction of sp³-hybridized carbons (Fsp3) is 0.0980. The molecule has 4 unspecified atom stereocenters. The van der Waals surface area contributed by atoms with E-state index < -0.39 is 0 Å². The molecule has 0 spiro atoms. The molecule has 1 fully saturated rings. The Balaban J connectivity index is 0.959. The molecule has 12 rings (SSSR count). The van der Waals surface area contributed by atoms with Gasteiger partial charge in [-0.25, -0.2) is 0 Å². The fourth-order valence-electron chi connectivity index (χ4n) is 9.57. The number of hydrogen-bond acceptors (Lipinski definition) is 5. The van der Waals surface area contributed by atoms with Crippen molar-refractivity contribution in [2.45, 2.75) is 34.6 Å². The van der Waals surface area contributed by atoms with Crippen LogP contribution in [0.15, 0.2) is 187 Å². The zero-order chi connectivity index (χ0) is 37.5. The van der Waals surface area contributed by atoms with Crippen molar-refractivity contribution in [1.29, 1.82) is 0 Å². The molecule has 4 heterocycles. The molecule has 2 aromatic heterocycles. The average molecular weight is 771 g/mol. The molecule has 3 aliphatic rings. The topological polar surface area (TPSA) is 41.0 Å². The van der Waals surface area contributed by atoms with Gasteiger partial charge in [-0.3, -0.25) is 16.0 Å². The maximum absolute atomic E-state index is 3.94. The summed E-state index contributed by atoms with van der Waals surface area (Å²) in [5.41, 5.74) is 11.6. The molecular formula is C51H38N4S2. The number of allylic oxidation sites excluding steroid dienone is 3. The summed E-state index contributed by atoms with van der Waals surface area (Å²) >= 11 is 3.96. The van der Waals surface area contributed by atoms with E-state index in [-0.39, 0.29) is 23.7 Å². The van der Waals surface area contributed by atoms with E-state index in [1.165, 1.54) is 86.0 Å². The van der Waals surface area contributed by atoms with E-state index in [1.54, 1.807) is 0 Å². The lowest BCUT2D eigenvalue weighted by atomic mass is 9.88. The van der Waals surface area contributed by atoms with Gasteiger partial charge in [-0.1, -0.05) is 158 Å². The van der Waals surface area contributed by atoms with Crippen molar-refractivity contribution in [3.05, 3.63) is 204 Å².